The first-order valence-corrected chi connectivity index (χ1v) is 7.88. The molecule has 0 aliphatic carbocycles. The Labute approximate surface area is 128 Å². The quantitative estimate of drug-likeness (QED) is 0.840. The number of benzene rings is 1. The zero-order valence-corrected chi connectivity index (χ0v) is 13.7. The fourth-order valence-corrected chi connectivity index (χ4v) is 2.60. The summed E-state index contributed by atoms with van der Waals surface area (Å²) >= 11 is 0. The van der Waals surface area contributed by atoms with Crippen LogP contribution in [0.4, 0.5) is 0 Å². The van der Waals surface area contributed by atoms with Crippen molar-refractivity contribution in [3.63, 3.8) is 0 Å². The fourth-order valence-electron chi connectivity index (χ4n) is 2.60. The van der Waals surface area contributed by atoms with Crippen molar-refractivity contribution in [1.29, 1.82) is 0 Å². The van der Waals surface area contributed by atoms with Gasteiger partial charge in [-0.25, -0.2) is 4.98 Å². The maximum atomic E-state index is 4.43. The van der Waals surface area contributed by atoms with Crippen LogP contribution in [0.1, 0.15) is 48.3 Å². The van der Waals surface area contributed by atoms with E-state index in [1.807, 2.05) is 12.4 Å². The third-order valence-corrected chi connectivity index (χ3v) is 4.15. The van der Waals surface area contributed by atoms with Crippen molar-refractivity contribution in [3.05, 3.63) is 53.1 Å². The van der Waals surface area contributed by atoms with Crippen molar-refractivity contribution in [2.75, 3.05) is 6.54 Å². The van der Waals surface area contributed by atoms with Crippen molar-refractivity contribution in [3.8, 4) is 0 Å². The van der Waals surface area contributed by atoms with E-state index in [9.17, 15) is 0 Å². The van der Waals surface area contributed by atoms with Crippen LogP contribution in [0, 0.1) is 13.8 Å². The van der Waals surface area contributed by atoms with E-state index in [2.05, 4.69) is 60.9 Å². The molecule has 0 aliphatic heterocycles. The zero-order chi connectivity index (χ0) is 15.2. The Morgan fingerprint density at radius 2 is 2.05 bits per heavy atom. The molecule has 1 N–H and O–H groups in total. The van der Waals surface area contributed by atoms with Gasteiger partial charge in [0.1, 0.15) is 5.82 Å². The topological polar surface area (TPSA) is 29.9 Å². The molecule has 0 spiro atoms. The summed E-state index contributed by atoms with van der Waals surface area (Å²) in [5, 5.41) is 3.68. The van der Waals surface area contributed by atoms with Crippen molar-refractivity contribution in [2.45, 2.75) is 46.1 Å². The third-order valence-electron chi connectivity index (χ3n) is 4.15. The Morgan fingerprint density at radius 3 is 2.67 bits per heavy atom. The highest BCUT2D eigenvalue weighted by molar-refractivity contribution is 5.31. The number of aryl methyl sites for hydroxylation is 4. The van der Waals surface area contributed by atoms with Gasteiger partial charge < -0.3 is 9.88 Å². The minimum absolute atomic E-state index is 0.404. The lowest BCUT2D eigenvalue weighted by molar-refractivity contribution is 0.491. The average Bonchev–Trinajstić information content (AvgIpc) is 2.88. The second kappa shape index (κ2) is 7.41. The lowest BCUT2D eigenvalue weighted by atomic mass is 9.97. The fraction of sp³-hybridized carbons (Fsp3) is 0.500. The summed E-state index contributed by atoms with van der Waals surface area (Å²) in [6.07, 6.45) is 7.12. The Hall–Kier alpha value is -1.61. The normalized spacial score (nSPS) is 12.6. The maximum absolute atomic E-state index is 4.43. The first-order valence-electron chi connectivity index (χ1n) is 7.88. The minimum Gasteiger partial charge on any atom is -0.338 e. The molecule has 0 fully saturated rings. The zero-order valence-electron chi connectivity index (χ0n) is 13.7. The predicted molar refractivity (Wildman–Crippen MR) is 88.5 cm³/mol. The number of hydrogen-bond donors (Lipinski definition) is 1. The molecule has 2 rings (SSSR count). The number of nitrogens with one attached hydrogen (secondary N) is 1. The van der Waals surface area contributed by atoms with Gasteiger partial charge in [0, 0.05) is 31.9 Å². The molecule has 114 valence electrons. The van der Waals surface area contributed by atoms with Crippen LogP contribution in [0.5, 0.6) is 0 Å². The molecule has 21 heavy (non-hydrogen) atoms. The Balaban J connectivity index is 2.09. The van der Waals surface area contributed by atoms with Gasteiger partial charge in [0.25, 0.3) is 0 Å². The van der Waals surface area contributed by atoms with Gasteiger partial charge in [-0.15, -0.1) is 0 Å². The molecule has 1 unspecified atom stereocenters. The molecular weight excluding hydrogens is 258 g/mol. The predicted octanol–water partition coefficient (Wildman–Crippen LogP) is 3.71. The van der Waals surface area contributed by atoms with Crippen molar-refractivity contribution in [2.24, 2.45) is 7.05 Å². The highest BCUT2D eigenvalue weighted by Crippen LogP contribution is 2.21. The van der Waals surface area contributed by atoms with Crippen LogP contribution in [0.25, 0.3) is 0 Å². The molecule has 1 atom stereocenters. The molecule has 0 saturated heterocycles. The number of aromatic nitrogens is 2. The van der Waals surface area contributed by atoms with Crippen LogP contribution >= 0.6 is 0 Å². The van der Waals surface area contributed by atoms with Crippen LogP contribution < -0.4 is 5.32 Å². The van der Waals surface area contributed by atoms with E-state index >= 15 is 0 Å². The molecule has 0 radical (unpaired) electrons. The Kier molecular flexibility index (Phi) is 5.57. The minimum atomic E-state index is 0.404. The molecule has 1 heterocycles. The van der Waals surface area contributed by atoms with Gasteiger partial charge in [0.05, 0.1) is 0 Å². The summed E-state index contributed by atoms with van der Waals surface area (Å²) in [7, 11) is 2.06. The molecule has 3 nitrogen and oxygen atoms in total. The smallest absolute Gasteiger partial charge is 0.108 e. The van der Waals surface area contributed by atoms with E-state index in [-0.39, 0.29) is 0 Å². The van der Waals surface area contributed by atoms with Crippen molar-refractivity contribution >= 4 is 0 Å². The van der Waals surface area contributed by atoms with E-state index in [4.69, 9.17) is 0 Å². The number of hydrogen-bond acceptors (Lipinski definition) is 2. The molecule has 0 saturated carbocycles. The van der Waals surface area contributed by atoms with Crippen LogP contribution in [-0.2, 0) is 13.5 Å². The average molecular weight is 285 g/mol. The van der Waals surface area contributed by atoms with Gasteiger partial charge in [-0.2, -0.15) is 0 Å². The summed E-state index contributed by atoms with van der Waals surface area (Å²) in [4.78, 5) is 4.43. The van der Waals surface area contributed by atoms with Gasteiger partial charge in [0.2, 0.25) is 0 Å². The number of nitrogens with zero attached hydrogens (tertiary/aromatic N) is 2. The van der Waals surface area contributed by atoms with E-state index < -0.39 is 0 Å². The molecule has 0 bridgehead atoms. The van der Waals surface area contributed by atoms with E-state index in [1.165, 1.54) is 16.7 Å². The second-order valence-corrected chi connectivity index (χ2v) is 5.84. The molecule has 2 aromatic rings. The van der Waals surface area contributed by atoms with Gasteiger partial charge >= 0.3 is 0 Å². The molecule has 1 aromatic heterocycles. The van der Waals surface area contributed by atoms with E-state index in [0.29, 0.717) is 6.04 Å². The summed E-state index contributed by atoms with van der Waals surface area (Å²) in [6.45, 7) is 7.62. The third kappa shape index (κ3) is 4.18. The van der Waals surface area contributed by atoms with Crippen molar-refractivity contribution < 1.29 is 0 Å². The van der Waals surface area contributed by atoms with Gasteiger partial charge in [-0.3, -0.25) is 0 Å². The number of rotatable bonds is 7. The summed E-state index contributed by atoms with van der Waals surface area (Å²) in [5.74, 6) is 1.15. The SMILES string of the molecule is CCCNC(CCc1nccn1C)c1ccc(C)c(C)c1. The molecule has 1 aromatic carbocycles. The Bertz CT molecular complexity index is 572. The molecule has 0 aliphatic rings. The molecular formula is C18H27N3. The van der Waals surface area contributed by atoms with Crippen LogP contribution in [0.15, 0.2) is 30.6 Å². The Morgan fingerprint density at radius 1 is 1.24 bits per heavy atom. The molecule has 3 heteroatoms. The van der Waals surface area contributed by atoms with E-state index in [0.717, 1.165) is 31.6 Å². The first kappa shape index (κ1) is 15.8. The van der Waals surface area contributed by atoms with Gasteiger partial charge in [-0.1, -0.05) is 25.1 Å². The standard InChI is InChI=1S/C18H27N3/c1-5-10-19-17(8-9-18-20-11-12-21(18)4)16-7-6-14(2)15(3)13-16/h6-7,11-13,17,19H,5,8-10H2,1-4H3. The van der Waals surface area contributed by atoms with Crippen molar-refractivity contribution in [1.82, 2.24) is 14.9 Å². The summed E-state index contributed by atoms with van der Waals surface area (Å²) in [5.41, 5.74) is 4.12. The number of imidazole rings is 1. The molecule has 0 amide bonds. The highest BCUT2D eigenvalue weighted by Gasteiger charge is 2.12. The van der Waals surface area contributed by atoms with Crippen LogP contribution in [0.3, 0.4) is 0 Å². The second-order valence-electron chi connectivity index (χ2n) is 5.84. The van der Waals surface area contributed by atoms with Gasteiger partial charge in [-0.05, 0) is 49.9 Å². The lowest BCUT2D eigenvalue weighted by Gasteiger charge is -2.20. The van der Waals surface area contributed by atoms with Crippen LogP contribution in [-0.4, -0.2) is 16.1 Å². The summed E-state index contributed by atoms with van der Waals surface area (Å²) in [6, 6.07) is 7.21. The monoisotopic (exact) mass is 285 g/mol. The van der Waals surface area contributed by atoms with E-state index in [1.54, 1.807) is 0 Å². The lowest BCUT2D eigenvalue weighted by Crippen LogP contribution is -2.23. The highest BCUT2D eigenvalue weighted by atomic mass is 15.0. The first-order chi connectivity index (χ1) is 10.1. The van der Waals surface area contributed by atoms with Crippen LogP contribution in [0.2, 0.25) is 0 Å². The summed E-state index contributed by atoms with van der Waals surface area (Å²) < 4.78 is 2.11. The van der Waals surface area contributed by atoms with Gasteiger partial charge in [0.15, 0.2) is 0 Å². The largest absolute Gasteiger partial charge is 0.338 e. The maximum Gasteiger partial charge on any atom is 0.108 e.